The van der Waals surface area contributed by atoms with Gasteiger partial charge in [-0.05, 0) is 61.4 Å². The van der Waals surface area contributed by atoms with Crippen molar-refractivity contribution >= 4 is 23.9 Å². The number of hydrogen-bond acceptors (Lipinski definition) is 7. The summed E-state index contributed by atoms with van der Waals surface area (Å²) in [7, 11) is 0. The number of carbonyl (C=O) groups is 4. The van der Waals surface area contributed by atoms with Crippen LogP contribution in [0.2, 0.25) is 0 Å². The second-order valence-electron chi connectivity index (χ2n) is 8.18. The van der Waals surface area contributed by atoms with E-state index in [1.165, 1.54) is 37.1 Å². The predicted octanol–water partition coefficient (Wildman–Crippen LogP) is 5.12. The Hall–Kier alpha value is -3.88. The highest BCUT2D eigenvalue weighted by Crippen LogP contribution is 2.14. The van der Waals surface area contributed by atoms with Crippen LogP contribution < -0.4 is 9.47 Å². The molecule has 1 aliphatic rings. The number of ether oxygens (including phenoxy) is 3. The lowest BCUT2D eigenvalue weighted by atomic mass is 10.1. The number of cyclic esters (lactones) is 2. The van der Waals surface area contributed by atoms with Gasteiger partial charge in [0, 0.05) is 19.3 Å². The van der Waals surface area contributed by atoms with Crippen LogP contribution in [0.4, 0.5) is 0 Å². The second kappa shape index (κ2) is 15.9. The molecule has 9 nitrogen and oxygen atoms in total. The molecular weight excluding hydrogens is 468 g/mol. The number of aromatic carboxylic acids is 2. The maximum absolute atomic E-state index is 11.0. The highest BCUT2D eigenvalue weighted by Gasteiger charge is 2.11. The highest BCUT2D eigenvalue weighted by atomic mass is 16.6. The quantitative estimate of drug-likeness (QED) is 0.287. The number of carboxylic acid groups (broad SMARTS) is 2. The van der Waals surface area contributed by atoms with Crippen molar-refractivity contribution in [3.63, 3.8) is 0 Å². The first kappa shape index (κ1) is 28.4. The van der Waals surface area contributed by atoms with Gasteiger partial charge in [-0.25, -0.2) is 9.59 Å². The Morgan fingerprint density at radius 3 is 1.36 bits per heavy atom. The van der Waals surface area contributed by atoms with Crippen LogP contribution in [0.25, 0.3) is 0 Å². The van der Waals surface area contributed by atoms with Gasteiger partial charge in [-0.3, -0.25) is 9.59 Å². The number of esters is 2. The highest BCUT2D eigenvalue weighted by molar-refractivity contribution is 5.88. The second-order valence-corrected chi connectivity index (χ2v) is 8.18. The van der Waals surface area contributed by atoms with Crippen molar-refractivity contribution in [1.82, 2.24) is 0 Å². The molecule has 1 heterocycles. The normalized spacial score (nSPS) is 14.3. The molecule has 0 saturated carbocycles. The fourth-order valence-electron chi connectivity index (χ4n) is 3.30. The van der Waals surface area contributed by atoms with E-state index in [4.69, 9.17) is 19.7 Å². The topological polar surface area (TPSA) is 136 Å². The van der Waals surface area contributed by atoms with Crippen LogP contribution in [-0.2, 0) is 14.3 Å². The van der Waals surface area contributed by atoms with E-state index < -0.39 is 11.9 Å². The van der Waals surface area contributed by atoms with E-state index in [0.717, 1.165) is 25.7 Å². The molecule has 194 valence electrons. The van der Waals surface area contributed by atoms with E-state index >= 15 is 0 Å². The molecule has 2 aromatic rings. The summed E-state index contributed by atoms with van der Waals surface area (Å²) in [6.45, 7) is 0.860. The Labute approximate surface area is 210 Å². The summed E-state index contributed by atoms with van der Waals surface area (Å²) in [5.41, 5.74) is 0.427. The lowest BCUT2D eigenvalue weighted by Crippen LogP contribution is -2.11. The zero-order chi connectivity index (χ0) is 26.2. The third-order valence-corrected chi connectivity index (χ3v) is 5.27. The van der Waals surface area contributed by atoms with Gasteiger partial charge in [0.15, 0.2) is 0 Å². The summed E-state index contributed by atoms with van der Waals surface area (Å²) < 4.78 is 15.6. The van der Waals surface area contributed by atoms with Crippen LogP contribution in [0.5, 0.6) is 11.5 Å². The Bertz CT molecular complexity index is 902. The van der Waals surface area contributed by atoms with E-state index in [1.807, 2.05) is 0 Å². The van der Waals surface area contributed by atoms with Crippen LogP contribution in [-0.4, -0.2) is 47.3 Å². The largest absolute Gasteiger partial charge is 0.493 e. The van der Waals surface area contributed by atoms with Gasteiger partial charge in [-0.2, -0.15) is 0 Å². The van der Waals surface area contributed by atoms with E-state index in [-0.39, 0.29) is 23.1 Å². The molecule has 1 aliphatic heterocycles. The van der Waals surface area contributed by atoms with Crippen molar-refractivity contribution in [2.75, 3.05) is 13.2 Å². The number of benzene rings is 2. The first-order valence-electron chi connectivity index (χ1n) is 12.0. The van der Waals surface area contributed by atoms with Gasteiger partial charge in [-0.1, -0.05) is 25.7 Å². The Balaban J connectivity index is 0.000000297. The fraction of sp³-hybridized carbons (Fsp3) is 0.407. The van der Waals surface area contributed by atoms with Crippen molar-refractivity contribution < 1.29 is 43.6 Å². The van der Waals surface area contributed by atoms with Gasteiger partial charge in [0.2, 0.25) is 0 Å². The average molecular weight is 501 g/mol. The SMILES string of the molecule is O=C(O)c1ccc(OCCCOc2ccc(C(=O)O)cc2)cc1.O=C1CCCCCCCCC(=O)O1. The number of rotatable bonds is 8. The molecule has 0 aromatic heterocycles. The lowest BCUT2D eigenvalue weighted by molar-refractivity contribution is -0.159. The zero-order valence-electron chi connectivity index (χ0n) is 20.1. The first-order valence-corrected chi connectivity index (χ1v) is 12.0. The summed E-state index contributed by atoms with van der Waals surface area (Å²) in [5.74, 6) is -1.46. The van der Waals surface area contributed by atoms with Crippen LogP contribution in [0.15, 0.2) is 48.5 Å². The molecule has 0 unspecified atom stereocenters. The molecule has 1 saturated heterocycles. The molecule has 2 aromatic carbocycles. The van der Waals surface area contributed by atoms with E-state index in [1.54, 1.807) is 24.3 Å². The number of hydrogen-bond donors (Lipinski definition) is 2. The maximum Gasteiger partial charge on any atom is 0.335 e. The molecule has 0 bridgehead atoms. The molecule has 0 aliphatic carbocycles. The smallest absolute Gasteiger partial charge is 0.335 e. The van der Waals surface area contributed by atoms with Crippen molar-refractivity contribution in [2.45, 2.75) is 57.8 Å². The minimum Gasteiger partial charge on any atom is -0.493 e. The van der Waals surface area contributed by atoms with Gasteiger partial charge in [0.25, 0.3) is 0 Å². The van der Waals surface area contributed by atoms with Gasteiger partial charge in [-0.15, -0.1) is 0 Å². The monoisotopic (exact) mass is 500 g/mol. The molecule has 36 heavy (non-hydrogen) atoms. The molecule has 0 radical (unpaired) electrons. The van der Waals surface area contributed by atoms with Crippen LogP contribution in [0.1, 0.15) is 78.5 Å². The Kier molecular flexibility index (Phi) is 12.5. The lowest BCUT2D eigenvalue weighted by Gasteiger charge is -2.08. The van der Waals surface area contributed by atoms with Crippen LogP contribution in [0, 0.1) is 0 Å². The Morgan fingerprint density at radius 1 is 0.639 bits per heavy atom. The summed E-state index contributed by atoms with van der Waals surface area (Å²) in [6, 6.07) is 12.4. The molecule has 3 rings (SSSR count). The fourth-order valence-corrected chi connectivity index (χ4v) is 3.30. The third kappa shape index (κ3) is 11.5. The van der Waals surface area contributed by atoms with Gasteiger partial charge in [0.05, 0.1) is 24.3 Å². The molecule has 9 heteroatoms. The summed E-state index contributed by atoms with van der Waals surface area (Å²) in [5, 5.41) is 17.6. The van der Waals surface area contributed by atoms with E-state index in [2.05, 4.69) is 4.74 Å². The Morgan fingerprint density at radius 2 is 1.00 bits per heavy atom. The minimum absolute atomic E-state index is 0.213. The third-order valence-electron chi connectivity index (χ3n) is 5.27. The van der Waals surface area contributed by atoms with E-state index in [0.29, 0.717) is 44.0 Å². The van der Waals surface area contributed by atoms with E-state index in [9.17, 15) is 19.2 Å². The van der Waals surface area contributed by atoms with Crippen molar-refractivity contribution in [1.29, 1.82) is 0 Å². The molecule has 2 N–H and O–H groups in total. The minimum atomic E-state index is -0.973. The first-order chi connectivity index (χ1) is 17.3. The van der Waals surface area contributed by atoms with Gasteiger partial charge >= 0.3 is 23.9 Å². The molecule has 0 spiro atoms. The molecule has 1 fully saturated rings. The van der Waals surface area contributed by atoms with Crippen LogP contribution >= 0.6 is 0 Å². The van der Waals surface area contributed by atoms with Gasteiger partial charge in [0.1, 0.15) is 11.5 Å². The van der Waals surface area contributed by atoms with Crippen LogP contribution in [0.3, 0.4) is 0 Å². The van der Waals surface area contributed by atoms with Crippen molar-refractivity contribution in [3.05, 3.63) is 59.7 Å². The average Bonchev–Trinajstić information content (AvgIpc) is 2.90. The standard InChI is InChI=1S/C17H16O6.C10H16O3/c18-16(19)12-2-6-14(7-3-12)22-10-1-11-23-15-8-4-13(5-9-15)17(20)21;11-9-7-5-3-1-2-4-6-8-10(12)13-9/h2-9H,1,10-11H2,(H,18,19)(H,20,21);1-8H2. The summed E-state index contributed by atoms with van der Waals surface area (Å²) in [6.07, 6.45) is 7.62. The molecule has 0 atom stereocenters. The summed E-state index contributed by atoms with van der Waals surface area (Å²) >= 11 is 0. The molecule has 0 amide bonds. The number of carboxylic acids is 2. The van der Waals surface area contributed by atoms with Crippen molar-refractivity contribution in [3.8, 4) is 11.5 Å². The zero-order valence-corrected chi connectivity index (χ0v) is 20.1. The predicted molar refractivity (Wildman–Crippen MR) is 130 cm³/mol. The summed E-state index contributed by atoms with van der Waals surface area (Å²) in [4.78, 5) is 43.4. The van der Waals surface area contributed by atoms with Gasteiger partial charge < -0.3 is 24.4 Å². The number of carbonyl (C=O) groups excluding carboxylic acids is 2. The molecular formula is C27H32O9. The van der Waals surface area contributed by atoms with Crippen molar-refractivity contribution in [2.24, 2.45) is 0 Å². The maximum atomic E-state index is 11.0.